The fourth-order valence-corrected chi connectivity index (χ4v) is 2.93. The van der Waals surface area contributed by atoms with Crippen molar-refractivity contribution in [3.05, 3.63) is 25.0 Å². The second-order valence-electron chi connectivity index (χ2n) is 7.29. The highest BCUT2D eigenvalue weighted by Gasteiger charge is 2.11. The number of amides is 1. The van der Waals surface area contributed by atoms with Gasteiger partial charge in [0.15, 0.2) is 6.23 Å². The molecule has 152 valence electrons. The Morgan fingerprint density at radius 2 is 1.38 bits per heavy atom. The third kappa shape index (κ3) is 15.0. The maximum absolute atomic E-state index is 11.4. The van der Waals surface area contributed by atoms with E-state index >= 15 is 0 Å². The molecule has 0 aromatic carbocycles. The largest absolute Gasteiger partial charge is 0.479 e. The molecule has 0 saturated heterocycles. The fraction of sp³-hybridized carbons (Fsp3) is 0.783. The Bertz CT molecular complexity index is 365. The lowest BCUT2D eigenvalue weighted by molar-refractivity contribution is -0.132. The predicted molar refractivity (Wildman–Crippen MR) is 113 cm³/mol. The summed E-state index contributed by atoms with van der Waals surface area (Å²) in [5.74, 6) is -0.123. The molecule has 0 spiro atoms. The summed E-state index contributed by atoms with van der Waals surface area (Å²) in [5.41, 5.74) is 0. The molecular weight excluding hydrogens is 322 g/mol. The highest BCUT2D eigenvalue weighted by molar-refractivity contribution is 5.86. The molecule has 0 fully saturated rings. The lowest BCUT2D eigenvalue weighted by atomic mass is 10.0. The normalized spacial score (nSPS) is 12.3. The van der Waals surface area contributed by atoms with Gasteiger partial charge in [0, 0.05) is 7.05 Å². The van der Waals surface area contributed by atoms with E-state index in [1.54, 1.807) is 13.3 Å². The van der Waals surface area contributed by atoms with Crippen molar-refractivity contribution in [3.63, 3.8) is 0 Å². The number of rotatable bonds is 18. The smallest absolute Gasteiger partial charge is 0.248 e. The molecule has 3 heteroatoms. The summed E-state index contributed by atoms with van der Waals surface area (Å²) in [6, 6.07) is 0. The zero-order valence-corrected chi connectivity index (χ0v) is 17.7. The van der Waals surface area contributed by atoms with Gasteiger partial charge in [0.05, 0.1) is 6.26 Å². The van der Waals surface area contributed by atoms with Gasteiger partial charge < -0.3 is 9.64 Å². The van der Waals surface area contributed by atoms with Crippen LogP contribution >= 0.6 is 0 Å². The Hall–Kier alpha value is -1.25. The Kier molecular flexibility index (Phi) is 17.6. The van der Waals surface area contributed by atoms with Crippen molar-refractivity contribution in [3.8, 4) is 0 Å². The van der Waals surface area contributed by atoms with E-state index in [-0.39, 0.29) is 12.1 Å². The number of nitrogens with zero attached hydrogens (tertiary/aromatic N) is 1. The van der Waals surface area contributed by atoms with E-state index in [4.69, 9.17) is 4.74 Å². The number of likely N-dealkylation sites (N-methyl/N-ethyl adjacent to an activating group) is 1. The topological polar surface area (TPSA) is 29.5 Å². The van der Waals surface area contributed by atoms with Gasteiger partial charge >= 0.3 is 0 Å². The molecule has 0 radical (unpaired) electrons. The average molecular weight is 366 g/mol. The minimum absolute atomic E-state index is 0.123. The van der Waals surface area contributed by atoms with Crippen molar-refractivity contribution >= 4 is 5.91 Å². The highest BCUT2D eigenvalue weighted by Crippen LogP contribution is 2.13. The van der Waals surface area contributed by atoms with Crippen LogP contribution in [0.4, 0.5) is 0 Å². The highest BCUT2D eigenvalue weighted by atomic mass is 16.5. The Labute approximate surface area is 162 Å². The third-order valence-electron chi connectivity index (χ3n) is 4.91. The molecule has 1 unspecified atom stereocenters. The molecule has 0 aliphatic rings. The SMILES string of the molecule is C=CC(=O)N(C)C(C)OC=CCCCCCCCCCCCCCCC. The van der Waals surface area contributed by atoms with Gasteiger partial charge in [-0.05, 0) is 31.9 Å². The molecule has 0 N–H and O–H groups in total. The van der Waals surface area contributed by atoms with Gasteiger partial charge in [0.2, 0.25) is 5.91 Å². The Balaban J connectivity index is 3.33. The number of allylic oxidation sites excluding steroid dienone is 1. The monoisotopic (exact) mass is 365 g/mol. The molecule has 0 saturated carbocycles. The first kappa shape index (κ1) is 24.8. The van der Waals surface area contributed by atoms with E-state index in [0.29, 0.717) is 0 Å². The van der Waals surface area contributed by atoms with Gasteiger partial charge in [-0.25, -0.2) is 0 Å². The molecule has 0 aromatic heterocycles. The first-order chi connectivity index (χ1) is 12.6. The summed E-state index contributed by atoms with van der Waals surface area (Å²) in [6.07, 6.45) is 23.8. The first-order valence-electron chi connectivity index (χ1n) is 10.8. The number of carbonyl (C=O) groups excluding carboxylic acids is 1. The van der Waals surface area contributed by atoms with Gasteiger partial charge in [-0.1, -0.05) is 90.6 Å². The minimum Gasteiger partial charge on any atom is -0.479 e. The molecule has 0 aliphatic heterocycles. The molecule has 0 aliphatic carbocycles. The maximum atomic E-state index is 11.4. The van der Waals surface area contributed by atoms with Crippen molar-refractivity contribution in [2.45, 2.75) is 110 Å². The summed E-state index contributed by atoms with van der Waals surface area (Å²) >= 11 is 0. The predicted octanol–water partition coefficient (Wildman–Crippen LogP) is 6.99. The van der Waals surface area contributed by atoms with Gasteiger partial charge in [-0.2, -0.15) is 0 Å². The van der Waals surface area contributed by atoms with E-state index in [1.807, 2.05) is 6.92 Å². The third-order valence-corrected chi connectivity index (χ3v) is 4.91. The molecule has 0 rings (SSSR count). The van der Waals surface area contributed by atoms with Crippen LogP contribution in [0.1, 0.15) is 104 Å². The molecule has 0 aromatic rings. The van der Waals surface area contributed by atoms with Crippen molar-refractivity contribution in [1.29, 1.82) is 0 Å². The Morgan fingerprint density at radius 1 is 0.923 bits per heavy atom. The van der Waals surface area contributed by atoms with Crippen LogP contribution in [0.2, 0.25) is 0 Å². The van der Waals surface area contributed by atoms with E-state index in [9.17, 15) is 4.79 Å². The van der Waals surface area contributed by atoms with Crippen LogP contribution in [0.5, 0.6) is 0 Å². The van der Waals surface area contributed by atoms with Crippen LogP contribution < -0.4 is 0 Å². The second-order valence-corrected chi connectivity index (χ2v) is 7.29. The number of ether oxygens (including phenoxy) is 1. The summed E-state index contributed by atoms with van der Waals surface area (Å²) < 4.78 is 5.52. The van der Waals surface area contributed by atoms with E-state index in [2.05, 4.69) is 19.6 Å². The van der Waals surface area contributed by atoms with Crippen LogP contribution in [0.3, 0.4) is 0 Å². The fourth-order valence-electron chi connectivity index (χ4n) is 2.93. The number of hydrogen-bond donors (Lipinski definition) is 0. The summed E-state index contributed by atoms with van der Waals surface area (Å²) in [6.45, 7) is 7.61. The molecule has 0 heterocycles. The molecule has 3 nitrogen and oxygen atoms in total. The average Bonchev–Trinajstić information content (AvgIpc) is 2.66. The van der Waals surface area contributed by atoms with Gasteiger partial charge in [0.1, 0.15) is 0 Å². The van der Waals surface area contributed by atoms with E-state index < -0.39 is 0 Å². The van der Waals surface area contributed by atoms with Crippen LogP contribution in [0, 0.1) is 0 Å². The summed E-state index contributed by atoms with van der Waals surface area (Å²) in [7, 11) is 1.72. The van der Waals surface area contributed by atoms with Crippen LogP contribution in [-0.4, -0.2) is 24.1 Å². The molecule has 0 bridgehead atoms. The Morgan fingerprint density at radius 3 is 1.85 bits per heavy atom. The van der Waals surface area contributed by atoms with Gasteiger partial charge in [-0.15, -0.1) is 0 Å². The van der Waals surface area contributed by atoms with Gasteiger partial charge in [-0.3, -0.25) is 4.79 Å². The van der Waals surface area contributed by atoms with Crippen LogP contribution in [0.15, 0.2) is 25.0 Å². The van der Waals surface area contributed by atoms with Crippen LogP contribution in [-0.2, 0) is 9.53 Å². The molecule has 26 heavy (non-hydrogen) atoms. The van der Waals surface area contributed by atoms with Crippen molar-refractivity contribution < 1.29 is 9.53 Å². The lowest BCUT2D eigenvalue weighted by Crippen LogP contribution is -2.34. The van der Waals surface area contributed by atoms with Gasteiger partial charge in [0.25, 0.3) is 0 Å². The second kappa shape index (κ2) is 18.5. The maximum Gasteiger partial charge on any atom is 0.248 e. The number of carbonyl (C=O) groups is 1. The molecular formula is C23H43NO2. The standard InChI is InChI=1S/C23H43NO2/c1-5-7-8-9-10-11-12-13-14-15-16-17-18-19-20-21-26-22(3)24(4)23(25)6-2/h6,20-22H,2,5,7-19H2,1,3-4H3. The van der Waals surface area contributed by atoms with E-state index in [0.717, 1.165) is 6.42 Å². The van der Waals surface area contributed by atoms with E-state index in [1.165, 1.54) is 94.4 Å². The minimum atomic E-state index is -0.261. The molecule has 1 atom stereocenters. The quantitative estimate of drug-likeness (QED) is 0.113. The number of hydrogen-bond acceptors (Lipinski definition) is 2. The number of unbranched alkanes of at least 4 members (excludes halogenated alkanes) is 13. The van der Waals surface area contributed by atoms with Crippen molar-refractivity contribution in [1.82, 2.24) is 4.90 Å². The zero-order valence-electron chi connectivity index (χ0n) is 17.7. The lowest BCUT2D eigenvalue weighted by Gasteiger charge is -2.22. The van der Waals surface area contributed by atoms with Crippen LogP contribution in [0.25, 0.3) is 0 Å². The molecule has 1 amide bonds. The zero-order chi connectivity index (χ0) is 19.5. The summed E-state index contributed by atoms with van der Waals surface area (Å²) in [4.78, 5) is 13.0. The summed E-state index contributed by atoms with van der Waals surface area (Å²) in [5, 5.41) is 0. The van der Waals surface area contributed by atoms with Crippen molar-refractivity contribution in [2.75, 3.05) is 7.05 Å². The van der Waals surface area contributed by atoms with Crippen molar-refractivity contribution in [2.24, 2.45) is 0 Å². The first-order valence-corrected chi connectivity index (χ1v) is 10.8.